The minimum absolute atomic E-state index is 0.821. The van der Waals surface area contributed by atoms with Crippen molar-refractivity contribution in [2.24, 2.45) is 5.73 Å². The van der Waals surface area contributed by atoms with Crippen LogP contribution < -0.4 is 16.2 Å². The van der Waals surface area contributed by atoms with E-state index >= 15 is 0 Å². The minimum Gasteiger partial charge on any atom is -0.330 e. The van der Waals surface area contributed by atoms with Crippen LogP contribution in [0.5, 0.6) is 0 Å². The fourth-order valence-electron chi connectivity index (χ4n) is 4.57. The summed E-state index contributed by atoms with van der Waals surface area (Å²) in [5.74, 6) is 0. The Morgan fingerprint density at radius 1 is 0.750 bits per heavy atom. The van der Waals surface area contributed by atoms with E-state index in [2.05, 4.69) is 73.0 Å². The summed E-state index contributed by atoms with van der Waals surface area (Å²) in [7, 11) is -1.58. The van der Waals surface area contributed by atoms with E-state index in [1.165, 1.54) is 51.6 Å². The summed E-state index contributed by atoms with van der Waals surface area (Å²) in [5.41, 5.74) is 5.58. The van der Waals surface area contributed by atoms with Crippen LogP contribution in [0.15, 0.2) is 54.6 Å². The first-order valence-corrected chi connectivity index (χ1v) is 13.9. The fourth-order valence-corrected chi connectivity index (χ4v) is 7.03. The van der Waals surface area contributed by atoms with Crippen molar-refractivity contribution < 1.29 is 0 Å². The van der Waals surface area contributed by atoms with Gasteiger partial charge in [-0.3, -0.25) is 0 Å². The zero-order valence-corrected chi connectivity index (χ0v) is 18.2. The Bertz CT molecular complexity index is 1050. The van der Waals surface area contributed by atoms with Crippen molar-refractivity contribution in [2.75, 3.05) is 19.3 Å². The summed E-state index contributed by atoms with van der Waals surface area (Å²) < 4.78 is 0. The lowest BCUT2D eigenvalue weighted by Gasteiger charge is -2.26. The van der Waals surface area contributed by atoms with Gasteiger partial charge in [0.25, 0.3) is 0 Å². The van der Waals surface area contributed by atoms with E-state index in [0.29, 0.717) is 0 Å². The highest BCUT2D eigenvalue weighted by Crippen LogP contribution is 2.34. The number of nitrogens with two attached hydrogens (primary N) is 1. The van der Waals surface area contributed by atoms with E-state index in [9.17, 15) is 0 Å². The molecule has 4 aromatic rings. The Labute approximate surface area is 169 Å². The van der Waals surface area contributed by atoms with Crippen LogP contribution in [0.2, 0.25) is 13.1 Å². The molecule has 0 bridgehead atoms. The molecule has 0 saturated carbocycles. The van der Waals surface area contributed by atoms with Crippen LogP contribution in [0.1, 0.15) is 25.7 Å². The summed E-state index contributed by atoms with van der Waals surface area (Å²) in [4.78, 5) is 0. The lowest BCUT2D eigenvalue weighted by Crippen LogP contribution is -2.51. The highest BCUT2D eigenvalue weighted by molar-refractivity contribution is 6.91. The molecule has 28 heavy (non-hydrogen) atoms. The van der Waals surface area contributed by atoms with Crippen molar-refractivity contribution in [3.05, 3.63) is 54.6 Å². The summed E-state index contributed by atoms with van der Waals surface area (Å²) in [6, 6.07) is 20.6. The molecule has 0 aromatic heterocycles. The van der Waals surface area contributed by atoms with E-state index in [4.69, 9.17) is 5.73 Å². The Morgan fingerprint density at radius 3 is 2.14 bits per heavy atom. The van der Waals surface area contributed by atoms with Crippen LogP contribution in [-0.4, -0.2) is 27.3 Å². The topological polar surface area (TPSA) is 38.0 Å². The maximum absolute atomic E-state index is 5.58. The van der Waals surface area contributed by atoms with Crippen LogP contribution >= 0.6 is 0 Å². The zero-order chi connectivity index (χ0) is 19.6. The molecule has 3 heteroatoms. The maximum Gasteiger partial charge on any atom is 0.0953 e. The van der Waals surface area contributed by atoms with Crippen LogP contribution in [0.3, 0.4) is 0 Å². The number of hydrogen-bond donors (Lipinski definition) is 2. The quantitative estimate of drug-likeness (QED) is 0.236. The van der Waals surface area contributed by atoms with Crippen LogP contribution in [0.25, 0.3) is 32.3 Å². The molecule has 0 unspecified atom stereocenters. The number of benzene rings is 4. The first-order chi connectivity index (χ1) is 13.6. The van der Waals surface area contributed by atoms with Crippen molar-refractivity contribution in [1.29, 1.82) is 0 Å². The molecule has 0 fully saturated rings. The van der Waals surface area contributed by atoms with Gasteiger partial charge >= 0.3 is 0 Å². The Balaban J connectivity index is 1.61. The Hall–Kier alpha value is -1.94. The summed E-state index contributed by atoms with van der Waals surface area (Å²) >= 11 is 0. The van der Waals surface area contributed by atoms with Gasteiger partial charge in [0, 0.05) is 0 Å². The molecular formula is C25H32N2Si. The van der Waals surface area contributed by atoms with Gasteiger partial charge < -0.3 is 11.1 Å². The third-order valence-corrected chi connectivity index (χ3v) is 9.16. The van der Waals surface area contributed by atoms with E-state index in [-0.39, 0.29) is 0 Å². The third kappa shape index (κ3) is 3.67. The number of rotatable bonds is 9. The molecule has 0 aliphatic rings. The second-order valence-corrected chi connectivity index (χ2v) is 13.4. The average Bonchev–Trinajstić information content (AvgIpc) is 2.71. The summed E-state index contributed by atoms with van der Waals surface area (Å²) in [6.07, 6.45) is 6.08. The smallest absolute Gasteiger partial charge is 0.0953 e. The minimum atomic E-state index is -1.58. The molecule has 0 spiro atoms. The Kier molecular flexibility index (Phi) is 5.67. The predicted octanol–water partition coefficient (Wildman–Crippen LogP) is 5.15. The lowest BCUT2D eigenvalue weighted by molar-refractivity contribution is 0.614. The van der Waals surface area contributed by atoms with E-state index in [1.807, 2.05) is 0 Å². The van der Waals surface area contributed by atoms with E-state index in [1.54, 1.807) is 5.19 Å². The van der Waals surface area contributed by atoms with Gasteiger partial charge in [-0.05, 0) is 64.4 Å². The molecular weight excluding hydrogens is 356 g/mol. The molecule has 0 amide bonds. The summed E-state index contributed by atoms with van der Waals surface area (Å²) in [6.45, 7) is 6.94. The molecule has 0 aliphatic heterocycles. The molecule has 3 N–H and O–H groups in total. The second-order valence-electron chi connectivity index (χ2n) is 8.73. The molecule has 4 aromatic carbocycles. The van der Waals surface area contributed by atoms with Gasteiger partial charge in [0.05, 0.1) is 8.07 Å². The number of hydrogen-bond acceptors (Lipinski definition) is 2. The molecule has 2 nitrogen and oxygen atoms in total. The van der Waals surface area contributed by atoms with Gasteiger partial charge in [0.2, 0.25) is 0 Å². The average molecular weight is 389 g/mol. The summed E-state index contributed by atoms with van der Waals surface area (Å²) in [5, 5.41) is 13.7. The predicted molar refractivity (Wildman–Crippen MR) is 128 cm³/mol. The monoisotopic (exact) mass is 388 g/mol. The molecule has 0 heterocycles. The van der Waals surface area contributed by atoms with Gasteiger partial charge in [-0.2, -0.15) is 0 Å². The SMILES string of the molecule is C[Si](C)(CNCCCCCCN)c1ccc2ccc3cccc4ccc1c2c34. The van der Waals surface area contributed by atoms with Crippen molar-refractivity contribution in [1.82, 2.24) is 5.32 Å². The normalized spacial score (nSPS) is 12.5. The van der Waals surface area contributed by atoms with E-state index < -0.39 is 8.07 Å². The van der Waals surface area contributed by atoms with Gasteiger partial charge in [-0.1, -0.05) is 85.7 Å². The third-order valence-electron chi connectivity index (χ3n) is 6.13. The van der Waals surface area contributed by atoms with E-state index in [0.717, 1.165) is 25.7 Å². The van der Waals surface area contributed by atoms with Crippen molar-refractivity contribution in [3.63, 3.8) is 0 Å². The molecule has 0 saturated heterocycles. The van der Waals surface area contributed by atoms with Crippen molar-refractivity contribution >= 4 is 45.6 Å². The van der Waals surface area contributed by atoms with Crippen LogP contribution in [-0.2, 0) is 0 Å². The maximum atomic E-state index is 5.58. The highest BCUT2D eigenvalue weighted by Gasteiger charge is 2.26. The standard InChI is InChI=1S/C25H32N2Si/c1-28(2,18-27-17-6-4-3-5-16-26)23-15-13-21-11-10-19-8-7-9-20-12-14-22(23)25(21)24(19)20/h7-15,27H,3-6,16-18,26H2,1-2H3. The lowest BCUT2D eigenvalue weighted by atomic mass is 9.94. The zero-order valence-electron chi connectivity index (χ0n) is 17.2. The first kappa shape index (κ1) is 19.4. The molecule has 0 radical (unpaired) electrons. The molecule has 146 valence electrons. The van der Waals surface area contributed by atoms with Crippen molar-refractivity contribution in [2.45, 2.75) is 38.8 Å². The van der Waals surface area contributed by atoms with Crippen molar-refractivity contribution in [3.8, 4) is 0 Å². The Morgan fingerprint density at radius 2 is 1.39 bits per heavy atom. The molecule has 4 rings (SSSR count). The van der Waals surface area contributed by atoms with Gasteiger partial charge in [0.1, 0.15) is 0 Å². The largest absolute Gasteiger partial charge is 0.330 e. The van der Waals surface area contributed by atoms with Crippen LogP contribution in [0.4, 0.5) is 0 Å². The molecule has 0 aliphatic carbocycles. The van der Waals surface area contributed by atoms with Gasteiger partial charge in [-0.15, -0.1) is 0 Å². The molecule has 0 atom stereocenters. The van der Waals surface area contributed by atoms with Crippen LogP contribution in [0, 0.1) is 0 Å². The fraction of sp³-hybridized carbons (Fsp3) is 0.360. The van der Waals surface area contributed by atoms with Gasteiger partial charge in [-0.25, -0.2) is 0 Å². The first-order valence-electron chi connectivity index (χ1n) is 10.7. The second kappa shape index (κ2) is 8.20. The highest BCUT2D eigenvalue weighted by atomic mass is 28.3. The van der Waals surface area contributed by atoms with Gasteiger partial charge in [0.15, 0.2) is 0 Å². The number of unbranched alkanes of at least 4 members (excludes halogenated alkanes) is 3. The number of nitrogens with one attached hydrogen (secondary N) is 1.